The van der Waals surface area contributed by atoms with Crippen molar-refractivity contribution < 1.29 is 4.79 Å². The van der Waals surface area contributed by atoms with Gasteiger partial charge in [0.05, 0.1) is 6.54 Å². The molecule has 0 N–H and O–H groups in total. The molecule has 0 saturated heterocycles. The number of allylic oxidation sites excluding steroid dienone is 4. The van der Waals surface area contributed by atoms with Crippen LogP contribution in [0.4, 0.5) is 0 Å². The van der Waals surface area contributed by atoms with Gasteiger partial charge in [0.15, 0.2) is 5.78 Å². The van der Waals surface area contributed by atoms with Crippen molar-refractivity contribution in [3.05, 3.63) is 35.5 Å². The molecule has 0 spiro atoms. The van der Waals surface area contributed by atoms with Crippen LogP contribution in [0.5, 0.6) is 0 Å². The summed E-state index contributed by atoms with van der Waals surface area (Å²) >= 11 is 0. The van der Waals surface area contributed by atoms with Crippen LogP contribution in [0, 0.1) is 0 Å². The van der Waals surface area contributed by atoms with Crippen molar-refractivity contribution in [2.45, 2.75) is 0 Å². The lowest BCUT2D eigenvalue weighted by atomic mass is 9.98. The van der Waals surface area contributed by atoms with E-state index in [1.807, 2.05) is 12.2 Å². The highest BCUT2D eigenvalue weighted by molar-refractivity contribution is 6.03. The van der Waals surface area contributed by atoms with E-state index >= 15 is 0 Å². The van der Waals surface area contributed by atoms with E-state index in [0.29, 0.717) is 6.54 Å². The molecule has 1 heterocycles. The minimum Gasteiger partial charge on any atom is -0.290 e. The number of aliphatic imine (C=N–C) groups is 1. The van der Waals surface area contributed by atoms with Gasteiger partial charge in [0.1, 0.15) is 0 Å². The number of carbonyl (C=O) groups is 1. The van der Waals surface area contributed by atoms with Crippen molar-refractivity contribution >= 4 is 12.0 Å². The van der Waals surface area contributed by atoms with Crippen molar-refractivity contribution in [1.29, 1.82) is 0 Å². The van der Waals surface area contributed by atoms with Crippen molar-refractivity contribution in [3.8, 4) is 0 Å². The lowest BCUT2D eigenvalue weighted by molar-refractivity contribution is -0.110. The Balaban J connectivity index is 2.44. The van der Waals surface area contributed by atoms with Gasteiger partial charge in [0.2, 0.25) is 0 Å². The monoisotopic (exact) mass is 145 g/mol. The Hall–Kier alpha value is -1.44. The first kappa shape index (κ1) is 6.28. The molecule has 2 nitrogen and oxygen atoms in total. The molecule has 0 aromatic carbocycles. The average Bonchev–Trinajstić information content (AvgIpc) is 2.04. The molecule has 1 aliphatic carbocycles. The molecule has 0 fully saturated rings. The van der Waals surface area contributed by atoms with Gasteiger partial charge in [-0.1, -0.05) is 6.08 Å². The lowest BCUT2D eigenvalue weighted by Gasteiger charge is -2.11. The minimum atomic E-state index is 0.0641. The lowest BCUT2D eigenvalue weighted by Crippen LogP contribution is -2.05. The van der Waals surface area contributed by atoms with Crippen LogP contribution in [0.15, 0.2) is 40.4 Å². The Bertz CT molecular complexity index is 318. The van der Waals surface area contributed by atoms with E-state index in [9.17, 15) is 4.79 Å². The summed E-state index contributed by atoms with van der Waals surface area (Å²) in [6.07, 6.45) is 8.74. The third-order valence-corrected chi connectivity index (χ3v) is 1.74. The van der Waals surface area contributed by atoms with Gasteiger partial charge in [-0.3, -0.25) is 9.79 Å². The highest BCUT2D eigenvalue weighted by Gasteiger charge is 2.10. The molecule has 54 valence electrons. The third-order valence-electron chi connectivity index (χ3n) is 1.74. The molecule has 0 aromatic rings. The highest BCUT2D eigenvalue weighted by Crippen LogP contribution is 2.18. The number of hydrogen-bond donors (Lipinski definition) is 0. The summed E-state index contributed by atoms with van der Waals surface area (Å²) in [4.78, 5) is 14.9. The summed E-state index contributed by atoms with van der Waals surface area (Å²) in [5, 5.41) is 0. The fourth-order valence-corrected chi connectivity index (χ4v) is 1.17. The van der Waals surface area contributed by atoms with Crippen LogP contribution in [0.1, 0.15) is 0 Å². The van der Waals surface area contributed by atoms with E-state index in [1.165, 1.54) is 0 Å². The van der Waals surface area contributed by atoms with Gasteiger partial charge < -0.3 is 0 Å². The maximum Gasteiger partial charge on any atom is 0.179 e. The largest absolute Gasteiger partial charge is 0.290 e. The van der Waals surface area contributed by atoms with E-state index in [0.717, 1.165) is 11.1 Å². The highest BCUT2D eigenvalue weighted by atomic mass is 16.1. The molecule has 0 radical (unpaired) electrons. The summed E-state index contributed by atoms with van der Waals surface area (Å²) < 4.78 is 0. The van der Waals surface area contributed by atoms with Crippen molar-refractivity contribution in [3.63, 3.8) is 0 Å². The Kier molecular flexibility index (Phi) is 1.32. The van der Waals surface area contributed by atoms with E-state index < -0.39 is 0 Å². The number of rotatable bonds is 0. The van der Waals surface area contributed by atoms with Crippen molar-refractivity contribution in [2.24, 2.45) is 4.99 Å². The molecule has 2 aliphatic rings. The molecule has 0 amide bonds. The summed E-state index contributed by atoms with van der Waals surface area (Å²) in [6, 6.07) is 0. The van der Waals surface area contributed by atoms with Gasteiger partial charge in [0.25, 0.3) is 0 Å². The quantitative estimate of drug-likeness (QED) is 0.501. The second kappa shape index (κ2) is 2.31. The van der Waals surface area contributed by atoms with E-state index in [2.05, 4.69) is 4.99 Å². The van der Waals surface area contributed by atoms with Gasteiger partial charge >= 0.3 is 0 Å². The molecule has 0 aromatic heterocycles. The third kappa shape index (κ3) is 1.07. The number of carbonyl (C=O) groups excluding carboxylic acids is 1. The van der Waals surface area contributed by atoms with Gasteiger partial charge in [-0.25, -0.2) is 0 Å². The van der Waals surface area contributed by atoms with E-state index in [-0.39, 0.29) is 5.78 Å². The molecular weight excluding hydrogens is 138 g/mol. The number of fused-ring (bicyclic) bond motifs is 1. The molecule has 0 bridgehead atoms. The first-order valence-electron chi connectivity index (χ1n) is 3.49. The molecule has 0 atom stereocenters. The average molecular weight is 145 g/mol. The zero-order valence-electron chi connectivity index (χ0n) is 5.95. The van der Waals surface area contributed by atoms with Gasteiger partial charge in [-0.05, 0) is 29.4 Å². The van der Waals surface area contributed by atoms with Crippen LogP contribution in [0.2, 0.25) is 0 Å². The Morgan fingerprint density at radius 2 is 2.27 bits per heavy atom. The van der Waals surface area contributed by atoms with Gasteiger partial charge in [-0.2, -0.15) is 0 Å². The molecule has 0 unspecified atom stereocenters. The predicted octanol–water partition coefficient (Wildman–Crippen LogP) is 1.06. The van der Waals surface area contributed by atoms with E-state index in [1.54, 1.807) is 18.4 Å². The summed E-state index contributed by atoms with van der Waals surface area (Å²) in [6.45, 7) is 0.641. The normalized spacial score (nSPS) is 20.9. The van der Waals surface area contributed by atoms with Crippen LogP contribution in [0.3, 0.4) is 0 Å². The van der Waals surface area contributed by atoms with Gasteiger partial charge in [0, 0.05) is 6.21 Å². The smallest absolute Gasteiger partial charge is 0.179 e. The van der Waals surface area contributed by atoms with Crippen LogP contribution in [-0.4, -0.2) is 18.5 Å². The first-order chi connectivity index (χ1) is 5.36. The molecular formula is C9H7NO. The Labute approximate surface area is 64.6 Å². The number of ketones is 1. The first-order valence-corrected chi connectivity index (χ1v) is 3.49. The Morgan fingerprint density at radius 1 is 1.36 bits per heavy atom. The topological polar surface area (TPSA) is 29.4 Å². The van der Waals surface area contributed by atoms with E-state index in [4.69, 9.17) is 0 Å². The molecule has 11 heavy (non-hydrogen) atoms. The van der Waals surface area contributed by atoms with Crippen LogP contribution >= 0.6 is 0 Å². The SMILES string of the molecule is O=C1C=CC2=CC=NCC2=C1. The maximum atomic E-state index is 10.9. The van der Waals surface area contributed by atoms with Crippen molar-refractivity contribution in [1.82, 2.24) is 0 Å². The summed E-state index contributed by atoms with van der Waals surface area (Å²) in [5.74, 6) is 0.0641. The molecule has 0 saturated carbocycles. The second-order valence-corrected chi connectivity index (χ2v) is 2.52. The number of hydrogen-bond acceptors (Lipinski definition) is 2. The maximum absolute atomic E-state index is 10.9. The summed E-state index contributed by atoms with van der Waals surface area (Å²) in [7, 11) is 0. The minimum absolute atomic E-state index is 0.0641. The molecule has 2 heteroatoms. The number of dihydropyridines is 1. The fourth-order valence-electron chi connectivity index (χ4n) is 1.17. The van der Waals surface area contributed by atoms with Crippen LogP contribution in [0.25, 0.3) is 0 Å². The zero-order valence-corrected chi connectivity index (χ0v) is 5.95. The summed E-state index contributed by atoms with van der Waals surface area (Å²) in [5.41, 5.74) is 2.14. The van der Waals surface area contributed by atoms with Crippen molar-refractivity contribution in [2.75, 3.05) is 6.54 Å². The predicted molar refractivity (Wildman–Crippen MR) is 43.7 cm³/mol. The van der Waals surface area contributed by atoms with Crippen LogP contribution in [-0.2, 0) is 4.79 Å². The molecule has 2 rings (SSSR count). The number of nitrogens with zero attached hydrogens (tertiary/aromatic N) is 1. The van der Waals surface area contributed by atoms with Crippen LogP contribution < -0.4 is 0 Å². The fraction of sp³-hybridized carbons (Fsp3) is 0.111. The second-order valence-electron chi connectivity index (χ2n) is 2.52. The molecule has 1 aliphatic heterocycles. The Morgan fingerprint density at radius 3 is 3.18 bits per heavy atom. The van der Waals surface area contributed by atoms with Gasteiger partial charge in [-0.15, -0.1) is 0 Å². The standard InChI is InChI=1S/C9H7NO/c11-9-2-1-7-3-4-10-6-8(7)5-9/h1-5H,6H2. The zero-order chi connectivity index (χ0) is 7.68.